The Bertz CT molecular complexity index is 372. The maximum atomic E-state index is 11.8. The highest BCUT2D eigenvalue weighted by atomic mass is 79.9. The van der Waals surface area contributed by atoms with Crippen LogP contribution in [0.25, 0.3) is 0 Å². The van der Waals surface area contributed by atoms with Gasteiger partial charge in [-0.05, 0) is 59.9 Å². The van der Waals surface area contributed by atoms with Crippen LogP contribution in [0.2, 0.25) is 0 Å². The lowest BCUT2D eigenvalue weighted by Crippen LogP contribution is -2.25. The van der Waals surface area contributed by atoms with Crippen LogP contribution in [-0.2, 0) is 0 Å². The molecule has 0 bridgehead atoms. The first-order valence-electron chi connectivity index (χ1n) is 5.39. The Labute approximate surface area is 117 Å². The molecule has 0 aliphatic carbocycles. The van der Waals surface area contributed by atoms with Crippen molar-refractivity contribution in [2.75, 3.05) is 13.1 Å². The molecule has 0 saturated heterocycles. The molecular weight excluding hydrogens is 304 g/mol. The van der Waals surface area contributed by atoms with E-state index in [1.807, 2.05) is 25.1 Å². The van der Waals surface area contributed by atoms with Crippen LogP contribution in [0.5, 0.6) is 0 Å². The first-order chi connectivity index (χ1) is 7.65. The number of nitrogens with two attached hydrogens (primary N) is 1. The molecule has 17 heavy (non-hydrogen) atoms. The van der Waals surface area contributed by atoms with E-state index in [0.717, 1.165) is 22.9 Å². The van der Waals surface area contributed by atoms with Crippen molar-refractivity contribution in [1.29, 1.82) is 0 Å². The van der Waals surface area contributed by atoms with E-state index in [-0.39, 0.29) is 18.3 Å². The van der Waals surface area contributed by atoms with Crippen molar-refractivity contribution in [2.24, 2.45) is 5.73 Å². The summed E-state index contributed by atoms with van der Waals surface area (Å²) >= 11 is 3.39. The predicted molar refractivity (Wildman–Crippen MR) is 76.7 cm³/mol. The molecule has 1 rings (SSSR count). The van der Waals surface area contributed by atoms with Crippen molar-refractivity contribution < 1.29 is 4.79 Å². The molecule has 5 heteroatoms. The highest BCUT2D eigenvalue weighted by Gasteiger charge is 2.08. The van der Waals surface area contributed by atoms with Gasteiger partial charge in [-0.15, -0.1) is 12.4 Å². The van der Waals surface area contributed by atoms with Gasteiger partial charge in [0.25, 0.3) is 5.91 Å². The largest absolute Gasteiger partial charge is 0.352 e. The minimum Gasteiger partial charge on any atom is -0.352 e. The van der Waals surface area contributed by atoms with Crippen LogP contribution in [0.3, 0.4) is 0 Å². The maximum absolute atomic E-state index is 11.8. The third kappa shape index (κ3) is 5.52. The molecule has 3 N–H and O–H groups in total. The van der Waals surface area contributed by atoms with Gasteiger partial charge >= 0.3 is 0 Å². The molecule has 0 atom stereocenters. The van der Waals surface area contributed by atoms with Crippen LogP contribution in [0.4, 0.5) is 0 Å². The number of aryl methyl sites for hydroxylation is 1. The van der Waals surface area contributed by atoms with Gasteiger partial charge in [-0.3, -0.25) is 4.79 Å². The summed E-state index contributed by atoms with van der Waals surface area (Å²) in [6, 6.07) is 5.70. The summed E-state index contributed by atoms with van der Waals surface area (Å²) in [5.41, 5.74) is 7.19. The van der Waals surface area contributed by atoms with E-state index < -0.39 is 0 Å². The number of hydrogen-bond donors (Lipinski definition) is 2. The highest BCUT2D eigenvalue weighted by Crippen LogP contribution is 2.18. The highest BCUT2D eigenvalue weighted by molar-refractivity contribution is 9.10. The molecule has 1 aromatic carbocycles. The van der Waals surface area contributed by atoms with Gasteiger partial charge in [0, 0.05) is 11.0 Å². The van der Waals surface area contributed by atoms with Gasteiger partial charge in [-0.1, -0.05) is 6.07 Å². The zero-order valence-electron chi connectivity index (χ0n) is 9.83. The van der Waals surface area contributed by atoms with E-state index >= 15 is 0 Å². The number of amides is 1. The second-order valence-corrected chi connectivity index (χ2v) is 4.59. The summed E-state index contributed by atoms with van der Waals surface area (Å²) in [5, 5.41) is 2.87. The van der Waals surface area contributed by atoms with Gasteiger partial charge in [-0.2, -0.15) is 0 Å². The first-order valence-corrected chi connectivity index (χ1v) is 6.19. The van der Waals surface area contributed by atoms with E-state index in [9.17, 15) is 4.79 Å². The van der Waals surface area contributed by atoms with Crippen molar-refractivity contribution in [3.05, 3.63) is 33.8 Å². The second-order valence-electron chi connectivity index (χ2n) is 3.73. The summed E-state index contributed by atoms with van der Waals surface area (Å²) in [4.78, 5) is 11.8. The van der Waals surface area contributed by atoms with E-state index in [1.165, 1.54) is 0 Å². The Hall–Kier alpha value is -0.580. The lowest BCUT2D eigenvalue weighted by Gasteiger charge is -2.07. The van der Waals surface area contributed by atoms with Crippen LogP contribution in [0.1, 0.15) is 28.8 Å². The molecule has 0 heterocycles. The Morgan fingerprint density at radius 1 is 1.41 bits per heavy atom. The van der Waals surface area contributed by atoms with Crippen molar-refractivity contribution in [3.8, 4) is 0 Å². The Morgan fingerprint density at radius 2 is 2.12 bits per heavy atom. The molecule has 0 radical (unpaired) electrons. The number of hydrogen-bond acceptors (Lipinski definition) is 2. The van der Waals surface area contributed by atoms with Gasteiger partial charge < -0.3 is 11.1 Å². The summed E-state index contributed by atoms with van der Waals surface area (Å²) in [6.07, 6.45) is 1.86. The van der Waals surface area contributed by atoms with Gasteiger partial charge in [-0.25, -0.2) is 0 Å². The predicted octanol–water partition coefficient (Wildman–Crippen LogP) is 2.65. The maximum Gasteiger partial charge on any atom is 0.252 e. The summed E-state index contributed by atoms with van der Waals surface area (Å²) in [5.74, 6) is -0.0381. The standard InChI is InChI=1S/C12H17BrN2O.ClH/c1-9-4-5-10(11(13)8-9)12(16)15-7-3-2-6-14;/h4-5,8H,2-3,6-7,14H2,1H3,(H,15,16);1H. The Balaban J connectivity index is 0.00000256. The first kappa shape index (κ1) is 16.4. The SMILES string of the molecule is Cc1ccc(C(=O)NCCCCN)c(Br)c1.Cl. The van der Waals surface area contributed by atoms with Gasteiger partial charge in [0.2, 0.25) is 0 Å². The number of halogens is 2. The number of benzene rings is 1. The lowest BCUT2D eigenvalue weighted by atomic mass is 10.1. The monoisotopic (exact) mass is 320 g/mol. The van der Waals surface area contributed by atoms with Crippen LogP contribution in [-0.4, -0.2) is 19.0 Å². The molecular formula is C12H18BrClN2O. The van der Waals surface area contributed by atoms with Gasteiger partial charge in [0.05, 0.1) is 5.56 Å². The molecule has 0 aromatic heterocycles. The minimum absolute atomic E-state index is 0. The van der Waals surface area contributed by atoms with Crippen LogP contribution in [0.15, 0.2) is 22.7 Å². The molecule has 0 unspecified atom stereocenters. The van der Waals surface area contributed by atoms with E-state index in [0.29, 0.717) is 18.7 Å². The quantitative estimate of drug-likeness (QED) is 0.819. The Kier molecular flexibility index (Phi) is 8.21. The minimum atomic E-state index is -0.0381. The molecule has 1 aromatic rings. The van der Waals surface area contributed by atoms with Crippen LogP contribution >= 0.6 is 28.3 Å². The summed E-state index contributed by atoms with van der Waals surface area (Å²) in [6.45, 7) is 3.34. The van der Waals surface area contributed by atoms with Gasteiger partial charge in [0.1, 0.15) is 0 Å². The van der Waals surface area contributed by atoms with Crippen LogP contribution in [0, 0.1) is 6.92 Å². The van der Waals surface area contributed by atoms with Crippen molar-refractivity contribution in [2.45, 2.75) is 19.8 Å². The number of nitrogens with one attached hydrogen (secondary N) is 1. The Morgan fingerprint density at radius 3 is 2.71 bits per heavy atom. The smallest absolute Gasteiger partial charge is 0.252 e. The molecule has 96 valence electrons. The van der Waals surface area contributed by atoms with E-state index in [1.54, 1.807) is 0 Å². The molecule has 3 nitrogen and oxygen atoms in total. The number of carbonyl (C=O) groups is 1. The molecule has 1 amide bonds. The molecule has 0 aliphatic heterocycles. The van der Waals surface area contributed by atoms with E-state index in [2.05, 4.69) is 21.2 Å². The number of unbranched alkanes of at least 4 members (excludes halogenated alkanes) is 1. The second kappa shape index (κ2) is 8.50. The molecule has 0 aliphatic rings. The fourth-order valence-electron chi connectivity index (χ4n) is 1.37. The third-order valence-electron chi connectivity index (χ3n) is 2.29. The number of carbonyl (C=O) groups excluding carboxylic acids is 1. The average molecular weight is 322 g/mol. The van der Waals surface area contributed by atoms with Crippen molar-refractivity contribution in [1.82, 2.24) is 5.32 Å². The fourth-order valence-corrected chi connectivity index (χ4v) is 2.04. The topological polar surface area (TPSA) is 55.1 Å². The third-order valence-corrected chi connectivity index (χ3v) is 2.94. The lowest BCUT2D eigenvalue weighted by molar-refractivity contribution is 0.0952. The fraction of sp³-hybridized carbons (Fsp3) is 0.417. The van der Waals surface area contributed by atoms with Crippen molar-refractivity contribution in [3.63, 3.8) is 0 Å². The summed E-state index contributed by atoms with van der Waals surface area (Å²) < 4.78 is 0.837. The van der Waals surface area contributed by atoms with Crippen LogP contribution < -0.4 is 11.1 Å². The van der Waals surface area contributed by atoms with E-state index in [4.69, 9.17) is 5.73 Å². The normalized spacial score (nSPS) is 9.59. The van der Waals surface area contributed by atoms with Crippen molar-refractivity contribution >= 4 is 34.2 Å². The zero-order chi connectivity index (χ0) is 12.0. The molecule has 0 spiro atoms. The number of rotatable bonds is 5. The van der Waals surface area contributed by atoms with Gasteiger partial charge in [0.15, 0.2) is 0 Å². The zero-order valence-corrected chi connectivity index (χ0v) is 12.2. The molecule has 0 saturated carbocycles. The summed E-state index contributed by atoms with van der Waals surface area (Å²) in [7, 11) is 0. The molecule has 0 fully saturated rings. The average Bonchev–Trinajstić information content (AvgIpc) is 2.24.